The molecule has 1 unspecified atom stereocenters. The van der Waals surface area contributed by atoms with E-state index in [-0.39, 0.29) is 30.1 Å². The number of carbonyl (C=O) groups excluding carboxylic acids is 3. The summed E-state index contributed by atoms with van der Waals surface area (Å²) in [6.07, 6.45) is 1.06. The number of hydrogen-bond acceptors (Lipinski definition) is 7. The van der Waals surface area contributed by atoms with E-state index in [1.54, 1.807) is 37.3 Å². The van der Waals surface area contributed by atoms with Crippen LogP contribution in [0, 0.1) is 0 Å². The molecule has 1 N–H and O–H groups in total. The highest BCUT2D eigenvalue weighted by molar-refractivity contribution is 7.91. The van der Waals surface area contributed by atoms with E-state index in [2.05, 4.69) is 5.32 Å². The van der Waals surface area contributed by atoms with Crippen molar-refractivity contribution in [3.05, 3.63) is 58.7 Å². The van der Waals surface area contributed by atoms with Crippen LogP contribution in [0.1, 0.15) is 50.9 Å². The van der Waals surface area contributed by atoms with Gasteiger partial charge in [-0.3, -0.25) is 19.3 Å². The Bertz CT molecular complexity index is 1210. The van der Waals surface area contributed by atoms with Gasteiger partial charge in [0.15, 0.2) is 21.3 Å². The molecule has 2 aromatic rings. The molecule has 0 aliphatic carbocycles. The molecule has 3 amide bonds. The van der Waals surface area contributed by atoms with Gasteiger partial charge in [0.05, 0.1) is 31.4 Å². The Balaban J connectivity index is 1.98. The Morgan fingerprint density at radius 2 is 1.85 bits per heavy atom. The Morgan fingerprint density at radius 1 is 1.12 bits per heavy atom. The Labute approximate surface area is 192 Å². The van der Waals surface area contributed by atoms with Crippen LogP contribution in [0.5, 0.6) is 11.5 Å². The number of rotatable bonds is 9. The maximum atomic E-state index is 13.2. The van der Waals surface area contributed by atoms with Crippen LogP contribution in [-0.2, 0) is 21.2 Å². The number of fused-ring (bicyclic) bond motifs is 1. The molecule has 0 aromatic heterocycles. The fraction of sp³-hybridized carbons (Fsp3) is 0.348. The molecule has 0 saturated carbocycles. The predicted octanol–water partition coefficient (Wildman–Crippen LogP) is 2.11. The van der Waals surface area contributed by atoms with E-state index < -0.39 is 26.9 Å². The smallest absolute Gasteiger partial charge is 0.261 e. The van der Waals surface area contributed by atoms with Gasteiger partial charge in [-0.15, -0.1) is 0 Å². The van der Waals surface area contributed by atoms with Gasteiger partial charge >= 0.3 is 0 Å². The summed E-state index contributed by atoms with van der Waals surface area (Å²) < 4.78 is 36.2. The SMILES string of the molecule is CCOc1cc(C(CN2C(=O)c3cccc(CNC(C)=O)c3C2=O)S(C)(=O)=O)ccc1OC. The fourth-order valence-corrected chi connectivity index (χ4v) is 4.81. The highest BCUT2D eigenvalue weighted by Crippen LogP contribution is 2.35. The molecule has 0 saturated heterocycles. The first kappa shape index (κ1) is 24.2. The molecule has 0 bridgehead atoms. The normalized spacial score (nSPS) is 14.1. The first-order valence-corrected chi connectivity index (χ1v) is 12.3. The number of imide groups is 1. The van der Waals surface area contributed by atoms with Gasteiger partial charge in [-0.25, -0.2) is 8.42 Å². The van der Waals surface area contributed by atoms with Crippen molar-refractivity contribution in [2.75, 3.05) is 26.5 Å². The minimum atomic E-state index is -3.72. The summed E-state index contributed by atoms with van der Waals surface area (Å²) in [5, 5.41) is 1.46. The van der Waals surface area contributed by atoms with Gasteiger partial charge in [-0.05, 0) is 36.2 Å². The molecule has 33 heavy (non-hydrogen) atoms. The summed E-state index contributed by atoms with van der Waals surface area (Å²) in [5.41, 5.74) is 1.22. The van der Waals surface area contributed by atoms with E-state index in [0.717, 1.165) is 11.2 Å². The van der Waals surface area contributed by atoms with E-state index in [9.17, 15) is 22.8 Å². The lowest BCUT2D eigenvalue weighted by Crippen LogP contribution is -2.36. The molecule has 10 heteroatoms. The number of nitrogens with one attached hydrogen (secondary N) is 1. The summed E-state index contributed by atoms with van der Waals surface area (Å²) in [5.74, 6) is -0.639. The molecule has 3 rings (SSSR count). The van der Waals surface area contributed by atoms with Crippen LogP contribution in [0.4, 0.5) is 0 Å². The summed E-state index contributed by atoms with van der Waals surface area (Å²) in [4.78, 5) is 38.5. The number of hydrogen-bond donors (Lipinski definition) is 1. The third-order valence-electron chi connectivity index (χ3n) is 5.34. The predicted molar refractivity (Wildman–Crippen MR) is 121 cm³/mol. The lowest BCUT2D eigenvalue weighted by Gasteiger charge is -2.22. The van der Waals surface area contributed by atoms with Crippen LogP contribution in [-0.4, -0.2) is 57.6 Å². The maximum Gasteiger partial charge on any atom is 0.261 e. The van der Waals surface area contributed by atoms with Crippen molar-refractivity contribution in [3.8, 4) is 11.5 Å². The van der Waals surface area contributed by atoms with Crippen LogP contribution in [0.3, 0.4) is 0 Å². The second-order valence-electron chi connectivity index (χ2n) is 7.63. The highest BCUT2D eigenvalue weighted by Gasteiger charge is 2.40. The first-order valence-electron chi connectivity index (χ1n) is 10.3. The zero-order valence-corrected chi connectivity index (χ0v) is 19.7. The van der Waals surface area contributed by atoms with Crippen molar-refractivity contribution in [2.24, 2.45) is 0 Å². The van der Waals surface area contributed by atoms with E-state index in [1.807, 2.05) is 0 Å². The van der Waals surface area contributed by atoms with Crippen LogP contribution in [0.25, 0.3) is 0 Å². The molecule has 1 aliphatic rings. The third kappa shape index (κ3) is 5.00. The maximum absolute atomic E-state index is 13.2. The molecule has 9 nitrogen and oxygen atoms in total. The van der Waals surface area contributed by atoms with Gasteiger partial charge in [-0.2, -0.15) is 0 Å². The van der Waals surface area contributed by atoms with E-state index >= 15 is 0 Å². The number of nitrogens with zero attached hydrogens (tertiary/aromatic N) is 1. The molecule has 176 valence electrons. The standard InChI is InChI=1S/C23H26N2O7S/c1-5-32-19-11-15(9-10-18(19)31-3)20(33(4,29)30)13-25-22(27)17-8-6-7-16(12-24-14(2)26)21(17)23(25)28/h6-11,20H,5,12-13H2,1-4H3,(H,24,26). The van der Waals surface area contributed by atoms with Crippen molar-refractivity contribution in [3.63, 3.8) is 0 Å². The zero-order chi connectivity index (χ0) is 24.3. The zero-order valence-electron chi connectivity index (χ0n) is 18.9. The quantitative estimate of drug-likeness (QED) is 0.553. The Kier molecular flexibility index (Phi) is 7.06. The molecular weight excluding hydrogens is 448 g/mol. The molecular formula is C23H26N2O7S. The fourth-order valence-electron chi connectivity index (χ4n) is 3.75. The topological polar surface area (TPSA) is 119 Å². The first-order chi connectivity index (χ1) is 15.6. The van der Waals surface area contributed by atoms with Gasteiger partial charge in [0.25, 0.3) is 11.8 Å². The summed E-state index contributed by atoms with van der Waals surface area (Å²) in [6.45, 7) is 3.21. The van der Waals surface area contributed by atoms with Crippen LogP contribution < -0.4 is 14.8 Å². The number of carbonyl (C=O) groups is 3. The van der Waals surface area contributed by atoms with Crippen LogP contribution in [0.15, 0.2) is 36.4 Å². The van der Waals surface area contributed by atoms with Crippen molar-refractivity contribution in [1.29, 1.82) is 0 Å². The van der Waals surface area contributed by atoms with Crippen molar-refractivity contribution >= 4 is 27.6 Å². The molecule has 1 aliphatic heterocycles. The van der Waals surface area contributed by atoms with Crippen molar-refractivity contribution in [2.45, 2.75) is 25.6 Å². The minimum absolute atomic E-state index is 0.0804. The molecule has 1 heterocycles. The van der Waals surface area contributed by atoms with Gasteiger partial charge < -0.3 is 14.8 Å². The average molecular weight is 475 g/mol. The molecule has 2 aromatic carbocycles. The van der Waals surface area contributed by atoms with E-state index in [0.29, 0.717) is 29.2 Å². The molecule has 0 fully saturated rings. The van der Waals surface area contributed by atoms with Crippen molar-refractivity contribution in [1.82, 2.24) is 10.2 Å². The number of benzene rings is 2. The van der Waals surface area contributed by atoms with Crippen LogP contribution >= 0.6 is 0 Å². The molecule has 0 spiro atoms. The number of methoxy groups -OCH3 is 1. The Morgan fingerprint density at radius 3 is 2.45 bits per heavy atom. The largest absolute Gasteiger partial charge is 0.493 e. The van der Waals surface area contributed by atoms with Crippen molar-refractivity contribution < 1.29 is 32.3 Å². The lowest BCUT2D eigenvalue weighted by molar-refractivity contribution is -0.119. The van der Waals surface area contributed by atoms with Gasteiger partial charge in [-0.1, -0.05) is 18.2 Å². The highest BCUT2D eigenvalue weighted by atomic mass is 32.2. The van der Waals surface area contributed by atoms with Gasteiger partial charge in [0, 0.05) is 19.7 Å². The minimum Gasteiger partial charge on any atom is -0.493 e. The molecule has 0 radical (unpaired) electrons. The third-order valence-corrected chi connectivity index (χ3v) is 6.79. The van der Waals surface area contributed by atoms with Gasteiger partial charge in [0.2, 0.25) is 5.91 Å². The number of amides is 3. The monoisotopic (exact) mass is 474 g/mol. The van der Waals surface area contributed by atoms with Gasteiger partial charge in [0.1, 0.15) is 5.25 Å². The van der Waals surface area contributed by atoms with E-state index in [4.69, 9.17) is 9.47 Å². The summed E-state index contributed by atoms with van der Waals surface area (Å²) >= 11 is 0. The average Bonchev–Trinajstić information content (AvgIpc) is 3.00. The second kappa shape index (κ2) is 9.62. The van der Waals surface area contributed by atoms with E-state index in [1.165, 1.54) is 20.1 Å². The number of ether oxygens (including phenoxy) is 2. The summed E-state index contributed by atoms with van der Waals surface area (Å²) in [7, 11) is -2.25. The number of sulfone groups is 1. The summed E-state index contributed by atoms with van der Waals surface area (Å²) in [6, 6.07) is 9.50. The Hall–Kier alpha value is -3.40. The lowest BCUT2D eigenvalue weighted by atomic mass is 10.0. The second-order valence-corrected chi connectivity index (χ2v) is 9.86. The molecule has 1 atom stereocenters. The van der Waals surface area contributed by atoms with Crippen LogP contribution in [0.2, 0.25) is 0 Å².